The number of pyridine rings is 1. The number of carbonyl (C=O) groups is 2. The van der Waals surface area contributed by atoms with Crippen molar-refractivity contribution in [2.75, 3.05) is 42.1 Å². The number of aromatic nitrogens is 1. The molecule has 9 heteroatoms. The van der Waals surface area contributed by atoms with E-state index in [0.29, 0.717) is 24.3 Å². The molecule has 2 aromatic carbocycles. The monoisotopic (exact) mass is 726 g/mol. The number of benzene rings is 2. The van der Waals surface area contributed by atoms with Crippen molar-refractivity contribution in [1.29, 1.82) is 0 Å². The standard InChI is InChI=1S/C36H47IN4O4/c1-7-40(16-14-37)15-9-17-45-33-13-12-28(19-24(33)4)29-20-30(26(6)32(21-29)41(8-2)36(44)27-10-11-27)34(42)38-22-31-23(3)18-25(5)39-35(31)43/h12-13,18-21,27H,7-11,14-17,22H2,1-6H3,(H,38,42)(H,39,43). The van der Waals surface area contributed by atoms with Crippen molar-refractivity contribution in [3.63, 3.8) is 0 Å². The highest BCUT2D eigenvalue weighted by molar-refractivity contribution is 14.1. The SMILES string of the molecule is CCN(CCI)CCCOc1ccc(-c2cc(C(=O)NCc3c(C)cc(C)[nH]c3=O)c(C)c(N(CC)C(=O)C3CC3)c2)cc1C. The van der Waals surface area contributed by atoms with E-state index in [1.54, 1.807) is 0 Å². The van der Waals surface area contributed by atoms with E-state index in [4.69, 9.17) is 4.74 Å². The normalized spacial score (nSPS) is 12.8. The highest BCUT2D eigenvalue weighted by Gasteiger charge is 2.34. The van der Waals surface area contributed by atoms with Crippen molar-refractivity contribution < 1.29 is 14.3 Å². The van der Waals surface area contributed by atoms with Crippen molar-refractivity contribution in [1.82, 2.24) is 15.2 Å². The molecule has 0 bridgehead atoms. The van der Waals surface area contributed by atoms with Crippen molar-refractivity contribution in [2.45, 2.75) is 67.3 Å². The number of hydrogen-bond acceptors (Lipinski definition) is 5. The Bertz CT molecular complexity index is 1580. The Morgan fingerprint density at radius 3 is 2.36 bits per heavy atom. The number of H-pyrrole nitrogens is 1. The Hall–Kier alpha value is -3.18. The van der Waals surface area contributed by atoms with Gasteiger partial charge in [0.1, 0.15) is 5.75 Å². The maximum Gasteiger partial charge on any atom is 0.253 e. The number of carbonyl (C=O) groups excluding carboxylic acids is 2. The van der Waals surface area contributed by atoms with Crippen molar-refractivity contribution in [3.8, 4) is 16.9 Å². The minimum atomic E-state index is -0.287. The number of nitrogens with one attached hydrogen (secondary N) is 2. The average molecular weight is 727 g/mol. The minimum absolute atomic E-state index is 0.0474. The topological polar surface area (TPSA) is 94.7 Å². The number of amides is 2. The fourth-order valence-electron chi connectivity index (χ4n) is 5.75. The third-order valence-corrected chi connectivity index (χ3v) is 9.06. The number of anilines is 1. The number of halogens is 1. The molecule has 242 valence electrons. The van der Waals surface area contributed by atoms with Crippen LogP contribution in [0.4, 0.5) is 5.69 Å². The Morgan fingerprint density at radius 1 is 0.978 bits per heavy atom. The van der Waals surface area contributed by atoms with E-state index >= 15 is 0 Å². The van der Waals surface area contributed by atoms with Gasteiger partial charge in [-0.1, -0.05) is 35.6 Å². The van der Waals surface area contributed by atoms with Gasteiger partial charge in [-0.3, -0.25) is 14.4 Å². The first-order valence-electron chi connectivity index (χ1n) is 16.0. The first-order valence-corrected chi connectivity index (χ1v) is 17.6. The Kier molecular flexibility index (Phi) is 12.2. The van der Waals surface area contributed by atoms with Crippen LogP contribution in [-0.2, 0) is 11.3 Å². The summed E-state index contributed by atoms with van der Waals surface area (Å²) in [5.41, 5.74) is 6.69. The summed E-state index contributed by atoms with van der Waals surface area (Å²) in [6, 6.07) is 11.9. The molecular weight excluding hydrogens is 679 g/mol. The molecule has 0 unspecified atom stereocenters. The van der Waals surface area contributed by atoms with Gasteiger partial charge in [0, 0.05) is 59.0 Å². The lowest BCUT2D eigenvalue weighted by atomic mass is 9.95. The lowest BCUT2D eigenvalue weighted by Gasteiger charge is -2.25. The molecule has 1 saturated carbocycles. The number of aromatic amines is 1. The fourth-order valence-corrected chi connectivity index (χ4v) is 6.43. The molecule has 1 aromatic heterocycles. The number of hydrogen-bond donors (Lipinski definition) is 2. The molecular formula is C36H47IN4O4. The summed E-state index contributed by atoms with van der Waals surface area (Å²) in [6.07, 6.45) is 2.77. The van der Waals surface area contributed by atoms with E-state index in [1.807, 2.05) is 69.9 Å². The van der Waals surface area contributed by atoms with E-state index in [1.165, 1.54) is 0 Å². The third-order valence-electron chi connectivity index (χ3n) is 8.58. The number of alkyl halides is 1. The molecule has 0 radical (unpaired) electrons. The van der Waals surface area contributed by atoms with Crippen LogP contribution in [0.15, 0.2) is 41.2 Å². The van der Waals surface area contributed by atoms with Crippen molar-refractivity contribution >= 4 is 40.1 Å². The van der Waals surface area contributed by atoms with Crippen LogP contribution < -0.4 is 20.5 Å². The molecule has 1 aliphatic rings. The summed E-state index contributed by atoms with van der Waals surface area (Å²) >= 11 is 2.41. The third kappa shape index (κ3) is 8.76. The highest BCUT2D eigenvalue weighted by Crippen LogP contribution is 2.37. The van der Waals surface area contributed by atoms with Crippen LogP contribution in [0.25, 0.3) is 11.1 Å². The second-order valence-electron chi connectivity index (χ2n) is 12.0. The second-order valence-corrected chi connectivity index (χ2v) is 13.0. The summed E-state index contributed by atoms with van der Waals surface area (Å²) in [5, 5.41) is 2.97. The molecule has 0 aliphatic heterocycles. The van der Waals surface area contributed by atoms with Crippen LogP contribution in [0, 0.1) is 33.6 Å². The zero-order valence-electron chi connectivity index (χ0n) is 27.5. The second kappa shape index (κ2) is 15.9. The van der Waals surface area contributed by atoms with Gasteiger partial charge in [0.05, 0.1) is 6.61 Å². The van der Waals surface area contributed by atoms with Gasteiger partial charge in [0.2, 0.25) is 5.91 Å². The molecule has 0 atom stereocenters. The van der Waals surface area contributed by atoms with Gasteiger partial charge < -0.3 is 24.8 Å². The maximum atomic E-state index is 13.7. The summed E-state index contributed by atoms with van der Waals surface area (Å²) in [4.78, 5) is 46.7. The number of nitrogens with zero attached hydrogens (tertiary/aromatic N) is 2. The predicted octanol–water partition coefficient (Wildman–Crippen LogP) is 6.49. The van der Waals surface area contributed by atoms with Crippen LogP contribution in [0.5, 0.6) is 5.75 Å². The van der Waals surface area contributed by atoms with Crippen LogP contribution in [0.2, 0.25) is 0 Å². The Balaban J connectivity index is 1.62. The lowest BCUT2D eigenvalue weighted by molar-refractivity contribution is -0.119. The summed E-state index contributed by atoms with van der Waals surface area (Å²) in [7, 11) is 0. The zero-order valence-corrected chi connectivity index (χ0v) is 29.7. The first kappa shape index (κ1) is 34.7. The maximum absolute atomic E-state index is 13.7. The fraction of sp³-hybridized carbons (Fsp3) is 0.472. The molecule has 1 aliphatic carbocycles. The van der Waals surface area contributed by atoms with E-state index in [-0.39, 0.29) is 29.8 Å². The molecule has 2 amide bonds. The van der Waals surface area contributed by atoms with Gasteiger partial charge in [0.15, 0.2) is 0 Å². The van der Waals surface area contributed by atoms with Crippen LogP contribution in [-0.4, -0.2) is 58.9 Å². The summed E-state index contributed by atoms with van der Waals surface area (Å²) in [5.74, 6) is 0.709. The predicted molar refractivity (Wildman–Crippen MR) is 191 cm³/mol. The number of ether oxygens (including phenoxy) is 1. The van der Waals surface area contributed by atoms with Crippen LogP contribution in [0.1, 0.15) is 71.4 Å². The number of rotatable bonds is 15. The van der Waals surface area contributed by atoms with Crippen molar-refractivity contribution in [3.05, 3.63) is 80.3 Å². The van der Waals surface area contributed by atoms with Gasteiger partial charge in [-0.25, -0.2) is 0 Å². The van der Waals surface area contributed by atoms with E-state index in [2.05, 4.69) is 50.8 Å². The first-order chi connectivity index (χ1) is 21.6. The van der Waals surface area contributed by atoms with Gasteiger partial charge in [0.25, 0.3) is 11.5 Å². The molecule has 2 N–H and O–H groups in total. The van der Waals surface area contributed by atoms with E-state index < -0.39 is 0 Å². The molecule has 3 aromatic rings. The molecule has 1 heterocycles. The Morgan fingerprint density at radius 2 is 1.73 bits per heavy atom. The largest absolute Gasteiger partial charge is 0.493 e. The molecule has 45 heavy (non-hydrogen) atoms. The quantitative estimate of drug-likeness (QED) is 0.106. The summed E-state index contributed by atoms with van der Waals surface area (Å²) < 4.78 is 7.27. The lowest BCUT2D eigenvalue weighted by Crippen LogP contribution is -2.33. The van der Waals surface area contributed by atoms with E-state index in [0.717, 1.165) is 88.3 Å². The number of aryl methyl sites for hydroxylation is 3. The molecule has 0 spiro atoms. The van der Waals surface area contributed by atoms with Gasteiger partial charge in [-0.15, -0.1) is 0 Å². The van der Waals surface area contributed by atoms with Crippen molar-refractivity contribution in [2.24, 2.45) is 5.92 Å². The smallest absolute Gasteiger partial charge is 0.253 e. The Labute approximate surface area is 281 Å². The highest BCUT2D eigenvalue weighted by atomic mass is 127. The van der Waals surface area contributed by atoms with Gasteiger partial charge in [-0.05, 0) is 119 Å². The molecule has 4 rings (SSSR count). The average Bonchev–Trinajstić information content (AvgIpc) is 3.85. The van der Waals surface area contributed by atoms with Gasteiger partial charge >= 0.3 is 0 Å². The molecule has 8 nitrogen and oxygen atoms in total. The zero-order chi connectivity index (χ0) is 32.7. The molecule has 0 saturated heterocycles. The summed E-state index contributed by atoms with van der Waals surface area (Å²) in [6.45, 7) is 16.2. The van der Waals surface area contributed by atoms with E-state index in [9.17, 15) is 14.4 Å². The van der Waals surface area contributed by atoms with Crippen LogP contribution >= 0.6 is 22.6 Å². The minimum Gasteiger partial charge on any atom is -0.493 e. The molecule has 1 fully saturated rings. The van der Waals surface area contributed by atoms with Gasteiger partial charge in [-0.2, -0.15) is 0 Å². The van der Waals surface area contributed by atoms with Crippen LogP contribution in [0.3, 0.4) is 0 Å².